The van der Waals surface area contributed by atoms with Crippen molar-refractivity contribution in [3.63, 3.8) is 0 Å². The van der Waals surface area contributed by atoms with Crippen molar-refractivity contribution in [2.75, 3.05) is 0 Å². The van der Waals surface area contributed by atoms with E-state index in [4.69, 9.17) is 0 Å². The number of H-pyrrole nitrogens is 1. The standard InChI is InChI=1S/C16H11F3N2/c17-16(18,19)14-10-12(11-6-2-1-3-7-11)15(21-14)13-8-4-5-9-20-13/h1-10,21H. The molecular formula is C16H11F3N2. The average molecular weight is 288 g/mol. The van der Waals surface area contributed by atoms with Crippen LogP contribution < -0.4 is 0 Å². The molecule has 21 heavy (non-hydrogen) atoms. The molecule has 0 atom stereocenters. The number of pyridine rings is 1. The van der Waals surface area contributed by atoms with Crippen LogP contribution in [0.1, 0.15) is 5.69 Å². The van der Waals surface area contributed by atoms with Gasteiger partial charge in [0.05, 0.1) is 11.4 Å². The number of nitrogens with one attached hydrogen (secondary N) is 1. The molecule has 0 aliphatic rings. The topological polar surface area (TPSA) is 28.7 Å². The number of nitrogens with zero attached hydrogens (tertiary/aromatic N) is 1. The number of rotatable bonds is 2. The third-order valence-electron chi connectivity index (χ3n) is 3.13. The fourth-order valence-electron chi connectivity index (χ4n) is 2.17. The highest BCUT2D eigenvalue weighted by Gasteiger charge is 2.34. The van der Waals surface area contributed by atoms with Crippen molar-refractivity contribution in [2.24, 2.45) is 0 Å². The molecule has 0 radical (unpaired) electrons. The van der Waals surface area contributed by atoms with Crippen LogP contribution in [0.2, 0.25) is 0 Å². The van der Waals surface area contributed by atoms with Gasteiger partial charge in [-0.3, -0.25) is 4.98 Å². The van der Waals surface area contributed by atoms with E-state index in [1.807, 2.05) is 6.07 Å². The van der Waals surface area contributed by atoms with E-state index in [2.05, 4.69) is 9.97 Å². The Balaban J connectivity index is 2.20. The second kappa shape index (κ2) is 5.09. The Labute approximate surface area is 119 Å². The molecular weight excluding hydrogens is 277 g/mol. The fourth-order valence-corrected chi connectivity index (χ4v) is 2.17. The maximum absolute atomic E-state index is 13.0. The van der Waals surface area contributed by atoms with Crippen LogP contribution in [0, 0.1) is 0 Å². The Morgan fingerprint density at radius 2 is 1.62 bits per heavy atom. The summed E-state index contributed by atoms with van der Waals surface area (Å²) in [5.74, 6) is 0. The highest BCUT2D eigenvalue weighted by Crippen LogP contribution is 2.37. The second-order valence-electron chi connectivity index (χ2n) is 4.55. The normalized spacial score (nSPS) is 11.6. The molecule has 1 N–H and O–H groups in total. The van der Waals surface area contributed by atoms with Crippen LogP contribution in [0.5, 0.6) is 0 Å². The summed E-state index contributed by atoms with van der Waals surface area (Å²) < 4.78 is 38.9. The first-order chi connectivity index (χ1) is 10.1. The first kappa shape index (κ1) is 13.4. The van der Waals surface area contributed by atoms with E-state index in [0.717, 1.165) is 6.07 Å². The van der Waals surface area contributed by atoms with E-state index < -0.39 is 11.9 Å². The summed E-state index contributed by atoms with van der Waals surface area (Å²) in [6.07, 6.45) is -2.87. The number of aromatic amines is 1. The van der Waals surface area contributed by atoms with Gasteiger partial charge < -0.3 is 4.98 Å². The van der Waals surface area contributed by atoms with Crippen LogP contribution in [-0.4, -0.2) is 9.97 Å². The van der Waals surface area contributed by atoms with Crippen LogP contribution in [-0.2, 0) is 6.18 Å². The maximum atomic E-state index is 13.0. The number of alkyl halides is 3. The molecule has 0 aliphatic carbocycles. The molecule has 3 aromatic rings. The molecule has 0 saturated heterocycles. The summed E-state index contributed by atoms with van der Waals surface area (Å²) in [7, 11) is 0. The first-order valence-corrected chi connectivity index (χ1v) is 6.33. The molecule has 2 heterocycles. The molecule has 0 spiro atoms. The maximum Gasteiger partial charge on any atom is 0.431 e. The largest absolute Gasteiger partial charge is 0.431 e. The quantitative estimate of drug-likeness (QED) is 0.723. The van der Waals surface area contributed by atoms with E-state index in [9.17, 15) is 13.2 Å². The Morgan fingerprint density at radius 1 is 0.905 bits per heavy atom. The van der Waals surface area contributed by atoms with E-state index in [0.29, 0.717) is 22.5 Å². The molecule has 0 bridgehead atoms. The SMILES string of the molecule is FC(F)(F)c1cc(-c2ccccc2)c(-c2ccccn2)[nH]1. The highest BCUT2D eigenvalue weighted by molar-refractivity contribution is 5.80. The van der Waals surface area contributed by atoms with Crippen LogP contribution in [0.15, 0.2) is 60.8 Å². The second-order valence-corrected chi connectivity index (χ2v) is 4.55. The molecule has 0 unspecified atom stereocenters. The fraction of sp³-hybridized carbons (Fsp3) is 0.0625. The predicted octanol–water partition coefficient (Wildman–Crippen LogP) is 4.76. The summed E-state index contributed by atoms with van der Waals surface area (Å²) in [4.78, 5) is 6.58. The Kier molecular flexibility index (Phi) is 3.25. The summed E-state index contributed by atoms with van der Waals surface area (Å²) >= 11 is 0. The first-order valence-electron chi connectivity index (χ1n) is 6.33. The average Bonchev–Trinajstić information content (AvgIpc) is 2.94. The zero-order valence-corrected chi connectivity index (χ0v) is 10.9. The van der Waals surface area contributed by atoms with Crippen molar-refractivity contribution in [1.29, 1.82) is 0 Å². The van der Waals surface area contributed by atoms with Gasteiger partial charge in [0.2, 0.25) is 0 Å². The lowest BCUT2D eigenvalue weighted by molar-refractivity contribution is -0.140. The van der Waals surface area contributed by atoms with Gasteiger partial charge in [0.15, 0.2) is 0 Å². The number of hydrogen-bond donors (Lipinski definition) is 1. The van der Waals surface area contributed by atoms with Gasteiger partial charge in [-0.2, -0.15) is 13.2 Å². The van der Waals surface area contributed by atoms with Crippen LogP contribution >= 0.6 is 0 Å². The van der Waals surface area contributed by atoms with Crippen molar-refractivity contribution in [3.05, 3.63) is 66.5 Å². The van der Waals surface area contributed by atoms with E-state index in [1.165, 1.54) is 0 Å². The minimum Gasteiger partial charge on any atom is -0.349 e. The molecule has 0 aliphatic heterocycles. The zero-order valence-electron chi connectivity index (χ0n) is 10.9. The number of benzene rings is 1. The monoisotopic (exact) mass is 288 g/mol. The van der Waals surface area contributed by atoms with Gasteiger partial charge in [-0.15, -0.1) is 0 Å². The molecule has 0 fully saturated rings. The van der Waals surface area contributed by atoms with Crippen LogP contribution in [0.4, 0.5) is 13.2 Å². The van der Waals surface area contributed by atoms with Gasteiger partial charge in [0.25, 0.3) is 0 Å². The molecule has 106 valence electrons. The minimum atomic E-state index is -4.42. The van der Waals surface area contributed by atoms with Gasteiger partial charge in [-0.1, -0.05) is 36.4 Å². The number of halogens is 3. The predicted molar refractivity (Wildman–Crippen MR) is 74.5 cm³/mol. The van der Waals surface area contributed by atoms with Crippen LogP contribution in [0.3, 0.4) is 0 Å². The zero-order chi connectivity index (χ0) is 14.9. The molecule has 3 rings (SSSR count). The summed E-state index contributed by atoms with van der Waals surface area (Å²) in [5.41, 5.74) is 1.27. The summed E-state index contributed by atoms with van der Waals surface area (Å²) in [6.45, 7) is 0. The molecule has 2 nitrogen and oxygen atoms in total. The lowest BCUT2D eigenvalue weighted by atomic mass is 10.0. The minimum absolute atomic E-state index is 0.370. The van der Waals surface area contributed by atoms with E-state index in [-0.39, 0.29) is 0 Å². The van der Waals surface area contributed by atoms with E-state index >= 15 is 0 Å². The van der Waals surface area contributed by atoms with Gasteiger partial charge in [0.1, 0.15) is 5.69 Å². The van der Waals surface area contributed by atoms with Crippen molar-refractivity contribution in [1.82, 2.24) is 9.97 Å². The summed E-state index contributed by atoms with van der Waals surface area (Å²) in [6, 6.07) is 15.2. The van der Waals surface area contributed by atoms with Crippen molar-refractivity contribution in [3.8, 4) is 22.5 Å². The molecule has 5 heteroatoms. The number of aromatic nitrogens is 2. The number of hydrogen-bond acceptors (Lipinski definition) is 1. The Hall–Kier alpha value is -2.56. The lowest BCUT2D eigenvalue weighted by Gasteiger charge is -2.03. The Morgan fingerprint density at radius 3 is 2.24 bits per heavy atom. The smallest absolute Gasteiger partial charge is 0.349 e. The van der Waals surface area contributed by atoms with Gasteiger partial charge in [-0.25, -0.2) is 0 Å². The molecule has 2 aromatic heterocycles. The summed E-state index contributed by atoms with van der Waals surface area (Å²) in [5, 5.41) is 0. The Bertz CT molecular complexity index is 674. The van der Waals surface area contributed by atoms with Crippen molar-refractivity contribution < 1.29 is 13.2 Å². The molecule has 0 amide bonds. The third-order valence-corrected chi connectivity index (χ3v) is 3.13. The van der Waals surface area contributed by atoms with Gasteiger partial charge in [0, 0.05) is 11.8 Å². The van der Waals surface area contributed by atoms with Crippen molar-refractivity contribution in [2.45, 2.75) is 6.18 Å². The lowest BCUT2D eigenvalue weighted by Crippen LogP contribution is -2.04. The van der Waals surface area contributed by atoms with Crippen LogP contribution in [0.25, 0.3) is 22.5 Å². The van der Waals surface area contributed by atoms with Gasteiger partial charge >= 0.3 is 6.18 Å². The highest BCUT2D eigenvalue weighted by atomic mass is 19.4. The van der Waals surface area contributed by atoms with Gasteiger partial charge in [-0.05, 0) is 23.8 Å². The third kappa shape index (κ3) is 2.67. The van der Waals surface area contributed by atoms with E-state index in [1.54, 1.807) is 48.7 Å². The van der Waals surface area contributed by atoms with Crippen molar-refractivity contribution >= 4 is 0 Å². The molecule has 0 saturated carbocycles. The molecule has 1 aromatic carbocycles.